The van der Waals surface area contributed by atoms with Crippen LogP contribution in [0.3, 0.4) is 0 Å². The molecule has 1 saturated heterocycles. The number of rotatable bonds is 3. The first kappa shape index (κ1) is 14.4. The summed E-state index contributed by atoms with van der Waals surface area (Å²) in [6, 6.07) is 6.20. The van der Waals surface area contributed by atoms with Crippen LogP contribution in [0.4, 0.5) is 0 Å². The standard InChI is InChI=1S/C15H20N2O3/c1-3-13-15(20)17(10(2)8-14(19)16-13)9-11-4-6-12(18)7-5-11/h4-7,10,13,18H,3,8-9H2,1-2H3,(H,16,19). The maximum atomic E-state index is 12.5. The number of phenolic OH excluding ortho intramolecular Hbond substituents is 1. The van der Waals surface area contributed by atoms with Crippen molar-refractivity contribution >= 4 is 11.8 Å². The largest absolute Gasteiger partial charge is 0.508 e. The number of nitrogens with one attached hydrogen (secondary N) is 1. The number of amides is 2. The van der Waals surface area contributed by atoms with Crippen LogP contribution in [0.5, 0.6) is 5.75 Å². The summed E-state index contributed by atoms with van der Waals surface area (Å²) in [5.41, 5.74) is 0.937. The maximum absolute atomic E-state index is 12.5. The molecule has 2 unspecified atom stereocenters. The second kappa shape index (κ2) is 5.94. The number of phenols is 1. The van der Waals surface area contributed by atoms with Gasteiger partial charge in [0.05, 0.1) is 0 Å². The van der Waals surface area contributed by atoms with Gasteiger partial charge in [0.15, 0.2) is 0 Å². The molecule has 20 heavy (non-hydrogen) atoms. The van der Waals surface area contributed by atoms with Crippen molar-refractivity contribution in [2.24, 2.45) is 0 Å². The summed E-state index contributed by atoms with van der Waals surface area (Å²) in [5.74, 6) is 0.0806. The van der Waals surface area contributed by atoms with Crippen LogP contribution in [-0.2, 0) is 16.1 Å². The van der Waals surface area contributed by atoms with E-state index < -0.39 is 6.04 Å². The van der Waals surface area contributed by atoms with E-state index in [-0.39, 0.29) is 23.6 Å². The Labute approximate surface area is 118 Å². The Morgan fingerprint density at radius 3 is 2.55 bits per heavy atom. The molecule has 1 aromatic carbocycles. The van der Waals surface area contributed by atoms with Crippen LogP contribution >= 0.6 is 0 Å². The fraction of sp³-hybridized carbons (Fsp3) is 0.467. The number of carbonyl (C=O) groups excluding carboxylic acids is 2. The summed E-state index contributed by atoms with van der Waals surface area (Å²) in [7, 11) is 0. The summed E-state index contributed by atoms with van der Waals surface area (Å²) in [6.07, 6.45) is 0.906. The Bertz CT molecular complexity index is 498. The average molecular weight is 276 g/mol. The van der Waals surface area contributed by atoms with E-state index in [1.165, 1.54) is 0 Å². The number of hydrogen-bond acceptors (Lipinski definition) is 3. The Kier molecular flexibility index (Phi) is 4.27. The fourth-order valence-corrected chi connectivity index (χ4v) is 2.42. The molecule has 108 valence electrons. The molecule has 1 aliphatic heterocycles. The van der Waals surface area contributed by atoms with Crippen molar-refractivity contribution in [3.8, 4) is 5.75 Å². The summed E-state index contributed by atoms with van der Waals surface area (Å²) in [5, 5.41) is 12.1. The highest BCUT2D eigenvalue weighted by molar-refractivity contribution is 5.90. The Morgan fingerprint density at radius 2 is 1.95 bits per heavy atom. The predicted molar refractivity (Wildman–Crippen MR) is 75.0 cm³/mol. The third-order valence-electron chi connectivity index (χ3n) is 3.63. The molecule has 1 heterocycles. The fourth-order valence-electron chi connectivity index (χ4n) is 2.42. The van der Waals surface area contributed by atoms with Crippen LogP contribution in [0.15, 0.2) is 24.3 Å². The first-order chi connectivity index (χ1) is 9.51. The smallest absolute Gasteiger partial charge is 0.245 e. The van der Waals surface area contributed by atoms with Crippen molar-refractivity contribution in [1.82, 2.24) is 10.2 Å². The number of carbonyl (C=O) groups is 2. The van der Waals surface area contributed by atoms with Gasteiger partial charge in [-0.25, -0.2) is 0 Å². The second-order valence-corrected chi connectivity index (χ2v) is 5.21. The Hall–Kier alpha value is -2.04. The normalized spacial score (nSPS) is 23.4. The van der Waals surface area contributed by atoms with E-state index >= 15 is 0 Å². The van der Waals surface area contributed by atoms with E-state index in [1.807, 2.05) is 13.8 Å². The molecule has 0 aromatic heterocycles. The van der Waals surface area contributed by atoms with Gasteiger partial charge in [-0.15, -0.1) is 0 Å². The highest BCUT2D eigenvalue weighted by Crippen LogP contribution is 2.18. The van der Waals surface area contributed by atoms with Crippen molar-refractivity contribution in [3.05, 3.63) is 29.8 Å². The molecule has 1 aromatic rings. The Morgan fingerprint density at radius 1 is 1.30 bits per heavy atom. The van der Waals surface area contributed by atoms with Gasteiger partial charge in [0.2, 0.25) is 11.8 Å². The van der Waals surface area contributed by atoms with Gasteiger partial charge in [-0.1, -0.05) is 19.1 Å². The molecule has 2 rings (SSSR count). The molecule has 0 saturated carbocycles. The molecule has 5 nitrogen and oxygen atoms in total. The average Bonchev–Trinajstić information content (AvgIpc) is 2.52. The summed E-state index contributed by atoms with van der Waals surface area (Å²) in [6.45, 7) is 4.22. The maximum Gasteiger partial charge on any atom is 0.245 e. The summed E-state index contributed by atoms with van der Waals surface area (Å²) in [4.78, 5) is 25.9. The van der Waals surface area contributed by atoms with E-state index in [0.29, 0.717) is 19.4 Å². The number of aromatic hydroxyl groups is 1. The van der Waals surface area contributed by atoms with Gasteiger partial charge < -0.3 is 15.3 Å². The van der Waals surface area contributed by atoms with Crippen molar-refractivity contribution in [1.29, 1.82) is 0 Å². The monoisotopic (exact) mass is 276 g/mol. The molecular weight excluding hydrogens is 256 g/mol. The molecule has 0 aliphatic carbocycles. The topological polar surface area (TPSA) is 69.6 Å². The van der Waals surface area contributed by atoms with Crippen molar-refractivity contribution < 1.29 is 14.7 Å². The van der Waals surface area contributed by atoms with E-state index in [2.05, 4.69) is 5.32 Å². The van der Waals surface area contributed by atoms with Gasteiger partial charge in [-0.2, -0.15) is 0 Å². The third-order valence-corrected chi connectivity index (χ3v) is 3.63. The lowest BCUT2D eigenvalue weighted by molar-refractivity contribution is -0.135. The van der Waals surface area contributed by atoms with Crippen molar-refractivity contribution in [3.63, 3.8) is 0 Å². The zero-order valence-electron chi connectivity index (χ0n) is 11.8. The highest BCUT2D eigenvalue weighted by Gasteiger charge is 2.32. The molecule has 0 spiro atoms. The SMILES string of the molecule is CCC1NC(=O)CC(C)N(Cc2ccc(O)cc2)C1=O. The van der Waals surface area contributed by atoms with Crippen LogP contribution in [0.1, 0.15) is 32.3 Å². The van der Waals surface area contributed by atoms with Crippen LogP contribution in [-0.4, -0.2) is 33.9 Å². The van der Waals surface area contributed by atoms with Crippen molar-refractivity contribution in [2.45, 2.75) is 45.3 Å². The number of nitrogens with zero attached hydrogens (tertiary/aromatic N) is 1. The predicted octanol–water partition coefficient (Wildman–Crippen LogP) is 1.41. The van der Waals surface area contributed by atoms with Gasteiger partial charge >= 0.3 is 0 Å². The van der Waals surface area contributed by atoms with Gasteiger partial charge in [-0.05, 0) is 31.0 Å². The first-order valence-electron chi connectivity index (χ1n) is 6.89. The van der Waals surface area contributed by atoms with E-state index in [9.17, 15) is 14.7 Å². The van der Waals surface area contributed by atoms with Gasteiger partial charge in [0, 0.05) is 19.0 Å². The minimum Gasteiger partial charge on any atom is -0.508 e. The first-order valence-corrected chi connectivity index (χ1v) is 6.89. The molecule has 1 fully saturated rings. The van der Waals surface area contributed by atoms with Gasteiger partial charge in [-0.3, -0.25) is 9.59 Å². The molecule has 1 aliphatic rings. The number of hydrogen-bond donors (Lipinski definition) is 2. The minimum atomic E-state index is -0.440. The number of benzene rings is 1. The highest BCUT2D eigenvalue weighted by atomic mass is 16.3. The molecule has 2 atom stereocenters. The molecule has 0 bridgehead atoms. The molecule has 0 radical (unpaired) electrons. The summed E-state index contributed by atoms with van der Waals surface area (Å²) >= 11 is 0. The lowest BCUT2D eigenvalue weighted by Gasteiger charge is -2.28. The van der Waals surface area contributed by atoms with Crippen LogP contribution in [0.2, 0.25) is 0 Å². The lowest BCUT2D eigenvalue weighted by atomic mass is 10.1. The van der Waals surface area contributed by atoms with E-state index in [0.717, 1.165) is 5.56 Å². The quantitative estimate of drug-likeness (QED) is 0.877. The van der Waals surface area contributed by atoms with Crippen LogP contribution < -0.4 is 5.32 Å². The van der Waals surface area contributed by atoms with Crippen LogP contribution in [0, 0.1) is 0 Å². The summed E-state index contributed by atoms with van der Waals surface area (Å²) < 4.78 is 0. The minimum absolute atomic E-state index is 0.0427. The zero-order valence-corrected chi connectivity index (χ0v) is 11.8. The van der Waals surface area contributed by atoms with Gasteiger partial charge in [0.25, 0.3) is 0 Å². The van der Waals surface area contributed by atoms with E-state index in [1.54, 1.807) is 29.2 Å². The zero-order chi connectivity index (χ0) is 14.7. The molecule has 5 heteroatoms. The van der Waals surface area contributed by atoms with Crippen LogP contribution in [0.25, 0.3) is 0 Å². The van der Waals surface area contributed by atoms with E-state index in [4.69, 9.17) is 0 Å². The van der Waals surface area contributed by atoms with Gasteiger partial charge in [0.1, 0.15) is 11.8 Å². The lowest BCUT2D eigenvalue weighted by Crippen LogP contribution is -2.45. The molecular formula is C15H20N2O3. The van der Waals surface area contributed by atoms with Crippen molar-refractivity contribution in [2.75, 3.05) is 0 Å². The second-order valence-electron chi connectivity index (χ2n) is 5.21. The third kappa shape index (κ3) is 3.10. The molecule has 2 amide bonds. The Balaban J connectivity index is 2.20. The molecule has 2 N–H and O–H groups in total.